The molecule has 1 aromatic carbocycles. The van der Waals surface area contributed by atoms with Gasteiger partial charge in [0, 0.05) is 0 Å². The Morgan fingerprint density at radius 2 is 2.12 bits per heavy atom. The van der Waals surface area contributed by atoms with Crippen LogP contribution >= 0.6 is 0 Å². The van der Waals surface area contributed by atoms with Gasteiger partial charge >= 0.3 is 0 Å². The number of methoxy groups -OCH3 is 1. The molecule has 4 heteroatoms. The van der Waals surface area contributed by atoms with Crippen molar-refractivity contribution in [1.29, 1.82) is 0 Å². The molecule has 90 valence electrons. The van der Waals surface area contributed by atoms with Gasteiger partial charge in [-0.25, -0.2) is 8.78 Å². The lowest BCUT2D eigenvalue weighted by Crippen LogP contribution is -2.11. The largest absolute Gasteiger partial charge is 0.493 e. The zero-order chi connectivity index (χ0) is 12.1. The summed E-state index contributed by atoms with van der Waals surface area (Å²) in [4.78, 5) is 0. The molecule has 1 unspecified atom stereocenters. The number of halogens is 2. The number of nitrogens with one attached hydrogen (secondary N) is 1. The van der Waals surface area contributed by atoms with Crippen molar-refractivity contribution in [3.05, 3.63) is 29.1 Å². The molecular formula is C12H17F2NO. The molecule has 0 spiro atoms. The third kappa shape index (κ3) is 2.92. The Hall–Kier alpha value is -1.16. The normalized spacial score (nSPS) is 12.6. The maximum atomic E-state index is 13.6. The summed E-state index contributed by atoms with van der Waals surface area (Å²) in [6.07, 6.45) is -0.564. The van der Waals surface area contributed by atoms with E-state index in [2.05, 4.69) is 5.32 Å². The Morgan fingerprint density at radius 1 is 1.44 bits per heavy atom. The third-order valence-electron chi connectivity index (χ3n) is 2.45. The van der Waals surface area contributed by atoms with E-state index in [1.54, 1.807) is 6.07 Å². The van der Waals surface area contributed by atoms with E-state index >= 15 is 0 Å². The molecule has 1 N–H and O–H groups in total. The Labute approximate surface area is 94.6 Å². The third-order valence-corrected chi connectivity index (χ3v) is 2.45. The molecule has 0 saturated carbocycles. The lowest BCUT2D eigenvalue weighted by molar-refractivity contribution is 0.362. The first-order chi connectivity index (χ1) is 7.60. The van der Waals surface area contributed by atoms with Crippen LogP contribution in [0.3, 0.4) is 0 Å². The molecule has 0 bridgehead atoms. The van der Waals surface area contributed by atoms with E-state index in [4.69, 9.17) is 4.74 Å². The van der Waals surface area contributed by atoms with Crippen LogP contribution in [0.2, 0.25) is 0 Å². The van der Waals surface area contributed by atoms with E-state index < -0.39 is 12.0 Å². The van der Waals surface area contributed by atoms with Crippen molar-refractivity contribution in [1.82, 2.24) is 5.32 Å². The van der Waals surface area contributed by atoms with Crippen LogP contribution in [0.5, 0.6) is 5.75 Å². The van der Waals surface area contributed by atoms with Crippen molar-refractivity contribution in [2.24, 2.45) is 0 Å². The topological polar surface area (TPSA) is 21.3 Å². The molecular weight excluding hydrogens is 212 g/mol. The molecule has 0 aliphatic rings. The van der Waals surface area contributed by atoms with Crippen molar-refractivity contribution >= 4 is 0 Å². The molecule has 1 atom stereocenters. The van der Waals surface area contributed by atoms with E-state index in [0.29, 0.717) is 24.1 Å². The van der Waals surface area contributed by atoms with Gasteiger partial charge in [0.05, 0.1) is 7.11 Å². The fourth-order valence-corrected chi connectivity index (χ4v) is 1.58. The number of benzene rings is 1. The van der Waals surface area contributed by atoms with Crippen LogP contribution in [0.1, 0.15) is 24.2 Å². The predicted octanol–water partition coefficient (Wildman–Crippen LogP) is 2.63. The molecule has 1 rings (SSSR count). The molecule has 1 aromatic rings. The van der Waals surface area contributed by atoms with Crippen LogP contribution in [0.4, 0.5) is 8.78 Å². The van der Waals surface area contributed by atoms with Crippen LogP contribution in [0, 0.1) is 5.82 Å². The quantitative estimate of drug-likeness (QED) is 0.838. The van der Waals surface area contributed by atoms with Crippen molar-refractivity contribution in [2.45, 2.75) is 19.5 Å². The zero-order valence-corrected chi connectivity index (χ0v) is 9.81. The van der Waals surface area contributed by atoms with Crippen molar-refractivity contribution in [3.8, 4) is 5.75 Å². The van der Waals surface area contributed by atoms with Crippen LogP contribution in [-0.2, 0) is 6.42 Å². The fourth-order valence-electron chi connectivity index (χ4n) is 1.58. The SMILES string of the molecule is CNCCc1cc(C(C)F)cc(F)c1OC. The second-order valence-corrected chi connectivity index (χ2v) is 3.66. The van der Waals surface area contributed by atoms with Gasteiger partial charge in [-0.15, -0.1) is 0 Å². The number of hydrogen-bond donors (Lipinski definition) is 1. The molecule has 0 fully saturated rings. The highest BCUT2D eigenvalue weighted by Gasteiger charge is 2.14. The summed E-state index contributed by atoms with van der Waals surface area (Å²) in [7, 11) is 3.23. The number of likely N-dealkylation sites (N-methyl/N-ethyl adjacent to an activating group) is 1. The van der Waals surface area contributed by atoms with E-state index in [9.17, 15) is 8.78 Å². The molecule has 2 nitrogen and oxygen atoms in total. The molecule has 0 aromatic heterocycles. The second-order valence-electron chi connectivity index (χ2n) is 3.66. The number of hydrogen-bond acceptors (Lipinski definition) is 2. The summed E-state index contributed by atoms with van der Waals surface area (Å²) in [5.74, 6) is -0.296. The highest BCUT2D eigenvalue weighted by molar-refractivity contribution is 5.39. The number of ether oxygens (including phenoxy) is 1. The molecule has 0 aliphatic heterocycles. The molecule has 0 aliphatic carbocycles. The smallest absolute Gasteiger partial charge is 0.165 e. The minimum absolute atomic E-state index is 0.208. The van der Waals surface area contributed by atoms with E-state index in [0.717, 1.165) is 0 Å². The first kappa shape index (κ1) is 12.9. The van der Waals surface area contributed by atoms with E-state index in [1.165, 1.54) is 20.1 Å². The van der Waals surface area contributed by atoms with Gasteiger partial charge in [-0.2, -0.15) is 0 Å². The summed E-state index contributed by atoms with van der Waals surface area (Å²) in [6, 6.07) is 2.84. The first-order valence-corrected chi connectivity index (χ1v) is 5.25. The van der Waals surface area contributed by atoms with Crippen LogP contribution in [0.25, 0.3) is 0 Å². The van der Waals surface area contributed by atoms with Gasteiger partial charge in [-0.05, 0) is 50.2 Å². The first-order valence-electron chi connectivity index (χ1n) is 5.25. The van der Waals surface area contributed by atoms with Gasteiger partial charge < -0.3 is 10.1 Å². The Kier molecular flexibility index (Phi) is 4.68. The lowest BCUT2D eigenvalue weighted by Gasteiger charge is -2.12. The maximum absolute atomic E-state index is 13.6. The highest BCUT2D eigenvalue weighted by atomic mass is 19.1. The lowest BCUT2D eigenvalue weighted by atomic mass is 10.0. The summed E-state index contributed by atoms with van der Waals surface area (Å²) < 4.78 is 31.7. The van der Waals surface area contributed by atoms with Gasteiger partial charge in [0.25, 0.3) is 0 Å². The Balaban J connectivity index is 3.09. The van der Waals surface area contributed by atoms with Crippen molar-refractivity contribution < 1.29 is 13.5 Å². The Morgan fingerprint density at radius 3 is 2.62 bits per heavy atom. The minimum Gasteiger partial charge on any atom is -0.493 e. The average Bonchev–Trinajstić information content (AvgIpc) is 2.25. The zero-order valence-electron chi connectivity index (χ0n) is 9.81. The summed E-state index contributed by atoms with van der Waals surface area (Å²) >= 11 is 0. The Bertz CT molecular complexity index is 353. The van der Waals surface area contributed by atoms with Crippen LogP contribution < -0.4 is 10.1 Å². The van der Waals surface area contributed by atoms with Crippen LogP contribution in [-0.4, -0.2) is 20.7 Å². The molecule has 16 heavy (non-hydrogen) atoms. The van der Waals surface area contributed by atoms with E-state index in [1.807, 2.05) is 7.05 Å². The molecule has 0 amide bonds. The standard InChI is InChI=1S/C12H17F2NO/c1-8(13)10-6-9(4-5-15-2)12(16-3)11(14)7-10/h6-8,15H,4-5H2,1-3H3. The van der Waals surface area contributed by atoms with Crippen molar-refractivity contribution in [2.75, 3.05) is 20.7 Å². The van der Waals surface area contributed by atoms with Gasteiger partial charge in [0.1, 0.15) is 6.17 Å². The predicted molar refractivity (Wildman–Crippen MR) is 60.1 cm³/mol. The summed E-state index contributed by atoms with van der Waals surface area (Å²) in [6.45, 7) is 2.09. The summed E-state index contributed by atoms with van der Waals surface area (Å²) in [5.41, 5.74) is 1.04. The fraction of sp³-hybridized carbons (Fsp3) is 0.500. The second kappa shape index (κ2) is 5.80. The van der Waals surface area contributed by atoms with Crippen LogP contribution in [0.15, 0.2) is 12.1 Å². The minimum atomic E-state index is -1.17. The van der Waals surface area contributed by atoms with Gasteiger partial charge in [0.2, 0.25) is 0 Å². The van der Waals surface area contributed by atoms with E-state index in [-0.39, 0.29) is 5.75 Å². The monoisotopic (exact) mass is 229 g/mol. The van der Waals surface area contributed by atoms with Crippen molar-refractivity contribution in [3.63, 3.8) is 0 Å². The maximum Gasteiger partial charge on any atom is 0.165 e. The number of rotatable bonds is 5. The van der Waals surface area contributed by atoms with Gasteiger partial charge in [0.15, 0.2) is 11.6 Å². The summed E-state index contributed by atoms with van der Waals surface area (Å²) in [5, 5.41) is 2.96. The molecule has 0 radical (unpaired) electrons. The molecule has 0 heterocycles. The van der Waals surface area contributed by atoms with Gasteiger partial charge in [-0.3, -0.25) is 0 Å². The average molecular weight is 229 g/mol. The highest BCUT2D eigenvalue weighted by Crippen LogP contribution is 2.28. The molecule has 0 saturated heterocycles. The van der Waals surface area contributed by atoms with Gasteiger partial charge in [-0.1, -0.05) is 0 Å². The number of alkyl halides is 1.